The summed E-state index contributed by atoms with van der Waals surface area (Å²) in [6.07, 6.45) is 6.11. The quantitative estimate of drug-likeness (QED) is 0.519. The molecule has 0 aliphatic carbocycles. The zero-order valence-electron chi connectivity index (χ0n) is 16.7. The summed E-state index contributed by atoms with van der Waals surface area (Å²) < 4.78 is 11.3. The lowest BCUT2D eigenvalue weighted by molar-refractivity contribution is -0.118. The average molecular weight is 370 g/mol. The van der Waals surface area contributed by atoms with Gasteiger partial charge in [-0.15, -0.1) is 0 Å². The minimum atomic E-state index is -0.182. The molecule has 0 heterocycles. The van der Waals surface area contributed by atoms with Gasteiger partial charge in [0.05, 0.1) is 6.61 Å². The molecule has 1 amide bonds. The van der Waals surface area contributed by atoms with Gasteiger partial charge in [0.25, 0.3) is 5.91 Å². The van der Waals surface area contributed by atoms with Crippen molar-refractivity contribution in [2.24, 2.45) is 0 Å². The van der Waals surface area contributed by atoms with Crippen LogP contribution in [-0.2, 0) is 4.79 Å². The second-order valence-electron chi connectivity index (χ2n) is 6.95. The first kappa shape index (κ1) is 20.8. The molecule has 0 bridgehead atoms. The first-order valence-corrected chi connectivity index (χ1v) is 9.80. The standard InChI is InChI=1S/C23H31NO3/c1-4-5-6-7-8-13-26-21-11-9-20(10-12-21)24-23(25)17-27-22-15-18(2)14-19(3)16-22/h9-12,14-16H,4-8,13,17H2,1-3H3,(H,24,25). The summed E-state index contributed by atoms with van der Waals surface area (Å²) in [5.41, 5.74) is 2.97. The van der Waals surface area contributed by atoms with Crippen LogP contribution < -0.4 is 14.8 Å². The molecular weight excluding hydrogens is 338 g/mol. The van der Waals surface area contributed by atoms with Gasteiger partial charge >= 0.3 is 0 Å². The zero-order chi connectivity index (χ0) is 19.5. The number of carbonyl (C=O) groups excluding carboxylic acids is 1. The highest BCUT2D eigenvalue weighted by Gasteiger charge is 2.05. The van der Waals surface area contributed by atoms with Crippen LogP contribution in [0.25, 0.3) is 0 Å². The summed E-state index contributed by atoms with van der Waals surface area (Å²) in [7, 11) is 0. The van der Waals surface area contributed by atoms with E-state index in [0.29, 0.717) is 5.75 Å². The molecule has 0 radical (unpaired) electrons. The number of carbonyl (C=O) groups is 1. The van der Waals surface area contributed by atoms with Crippen molar-refractivity contribution in [1.29, 1.82) is 0 Å². The molecule has 0 unspecified atom stereocenters. The Morgan fingerprint density at radius 3 is 2.19 bits per heavy atom. The van der Waals surface area contributed by atoms with Crippen LogP contribution in [-0.4, -0.2) is 19.1 Å². The van der Waals surface area contributed by atoms with E-state index in [-0.39, 0.29) is 12.5 Å². The molecule has 1 N–H and O–H groups in total. The van der Waals surface area contributed by atoms with E-state index in [1.165, 1.54) is 25.7 Å². The molecular formula is C23H31NO3. The summed E-state index contributed by atoms with van der Waals surface area (Å²) in [6.45, 7) is 6.95. The Labute approximate surface area is 162 Å². The van der Waals surface area contributed by atoms with Crippen molar-refractivity contribution in [3.8, 4) is 11.5 Å². The van der Waals surface area contributed by atoms with Gasteiger partial charge in [-0.3, -0.25) is 4.79 Å². The van der Waals surface area contributed by atoms with Crippen molar-refractivity contribution >= 4 is 11.6 Å². The van der Waals surface area contributed by atoms with Crippen molar-refractivity contribution in [3.05, 3.63) is 53.6 Å². The van der Waals surface area contributed by atoms with Crippen LogP contribution in [0.4, 0.5) is 5.69 Å². The van der Waals surface area contributed by atoms with Gasteiger partial charge in [0.15, 0.2) is 6.61 Å². The maximum atomic E-state index is 12.1. The third-order valence-electron chi connectivity index (χ3n) is 4.22. The van der Waals surface area contributed by atoms with Gasteiger partial charge in [-0.25, -0.2) is 0 Å². The number of benzene rings is 2. The second-order valence-corrected chi connectivity index (χ2v) is 6.95. The number of ether oxygens (including phenoxy) is 2. The van der Waals surface area contributed by atoms with Crippen LogP contribution in [0.1, 0.15) is 50.2 Å². The lowest BCUT2D eigenvalue weighted by Crippen LogP contribution is -2.20. The summed E-state index contributed by atoms with van der Waals surface area (Å²) in [5.74, 6) is 1.36. The van der Waals surface area contributed by atoms with Gasteiger partial charge in [-0.1, -0.05) is 38.7 Å². The summed E-state index contributed by atoms with van der Waals surface area (Å²) >= 11 is 0. The number of aryl methyl sites for hydroxylation is 2. The van der Waals surface area contributed by atoms with Crippen molar-refractivity contribution in [3.63, 3.8) is 0 Å². The Bertz CT molecular complexity index is 690. The predicted molar refractivity (Wildman–Crippen MR) is 111 cm³/mol. The average Bonchev–Trinajstić information content (AvgIpc) is 2.63. The van der Waals surface area contributed by atoms with Gasteiger partial charge in [0.2, 0.25) is 0 Å². The van der Waals surface area contributed by atoms with E-state index in [1.54, 1.807) is 0 Å². The molecule has 0 saturated heterocycles. The molecule has 4 heteroatoms. The summed E-state index contributed by atoms with van der Waals surface area (Å²) in [5, 5.41) is 2.84. The lowest BCUT2D eigenvalue weighted by atomic mass is 10.1. The maximum Gasteiger partial charge on any atom is 0.262 e. The van der Waals surface area contributed by atoms with E-state index in [1.807, 2.05) is 50.2 Å². The number of hydrogen-bond acceptors (Lipinski definition) is 3. The van der Waals surface area contributed by atoms with Gasteiger partial charge in [0, 0.05) is 5.69 Å². The highest BCUT2D eigenvalue weighted by Crippen LogP contribution is 2.18. The fraction of sp³-hybridized carbons (Fsp3) is 0.435. The molecule has 146 valence electrons. The molecule has 0 spiro atoms. The number of nitrogens with one attached hydrogen (secondary N) is 1. The topological polar surface area (TPSA) is 47.6 Å². The first-order valence-electron chi connectivity index (χ1n) is 9.80. The summed E-state index contributed by atoms with van der Waals surface area (Å²) in [4.78, 5) is 12.1. The fourth-order valence-electron chi connectivity index (χ4n) is 2.89. The predicted octanol–water partition coefficient (Wildman–Crippen LogP) is 5.67. The molecule has 0 aromatic heterocycles. The van der Waals surface area contributed by atoms with Crippen LogP contribution >= 0.6 is 0 Å². The smallest absolute Gasteiger partial charge is 0.262 e. The number of amides is 1. The first-order chi connectivity index (χ1) is 13.1. The number of unbranched alkanes of at least 4 members (excludes halogenated alkanes) is 4. The highest BCUT2D eigenvalue weighted by molar-refractivity contribution is 5.91. The van der Waals surface area contributed by atoms with Crippen molar-refractivity contribution in [2.75, 3.05) is 18.5 Å². The number of anilines is 1. The van der Waals surface area contributed by atoms with Crippen molar-refractivity contribution in [2.45, 2.75) is 52.9 Å². The van der Waals surface area contributed by atoms with E-state index in [9.17, 15) is 4.79 Å². The second kappa shape index (κ2) is 11.3. The highest BCUT2D eigenvalue weighted by atomic mass is 16.5. The number of hydrogen-bond donors (Lipinski definition) is 1. The third kappa shape index (κ3) is 8.16. The minimum absolute atomic E-state index is 0.0150. The Balaban J connectivity index is 1.71. The monoisotopic (exact) mass is 369 g/mol. The van der Waals surface area contributed by atoms with E-state index in [4.69, 9.17) is 9.47 Å². The fourth-order valence-corrected chi connectivity index (χ4v) is 2.89. The molecule has 2 rings (SSSR count). The van der Waals surface area contributed by atoms with Gasteiger partial charge < -0.3 is 14.8 Å². The zero-order valence-corrected chi connectivity index (χ0v) is 16.7. The molecule has 0 fully saturated rings. The molecule has 0 saturated carbocycles. The Kier molecular flexibility index (Phi) is 8.69. The Hall–Kier alpha value is -2.49. The molecule has 27 heavy (non-hydrogen) atoms. The molecule has 2 aromatic carbocycles. The van der Waals surface area contributed by atoms with Gasteiger partial charge in [-0.2, -0.15) is 0 Å². The number of rotatable bonds is 11. The van der Waals surface area contributed by atoms with Gasteiger partial charge in [0.1, 0.15) is 11.5 Å². The van der Waals surface area contributed by atoms with E-state index in [2.05, 4.69) is 18.3 Å². The van der Waals surface area contributed by atoms with E-state index in [0.717, 1.165) is 35.6 Å². The van der Waals surface area contributed by atoms with Crippen LogP contribution in [0, 0.1) is 13.8 Å². The summed E-state index contributed by atoms with van der Waals surface area (Å²) in [6, 6.07) is 13.4. The lowest BCUT2D eigenvalue weighted by Gasteiger charge is -2.10. The van der Waals surface area contributed by atoms with Crippen molar-refractivity contribution in [1.82, 2.24) is 0 Å². The Morgan fingerprint density at radius 1 is 0.852 bits per heavy atom. The third-order valence-corrected chi connectivity index (χ3v) is 4.22. The van der Waals surface area contributed by atoms with Gasteiger partial charge in [-0.05, 0) is 67.8 Å². The van der Waals surface area contributed by atoms with Crippen LogP contribution in [0.15, 0.2) is 42.5 Å². The van der Waals surface area contributed by atoms with Crippen molar-refractivity contribution < 1.29 is 14.3 Å². The Morgan fingerprint density at radius 2 is 1.52 bits per heavy atom. The largest absolute Gasteiger partial charge is 0.494 e. The van der Waals surface area contributed by atoms with Crippen LogP contribution in [0.5, 0.6) is 11.5 Å². The maximum absolute atomic E-state index is 12.1. The SMILES string of the molecule is CCCCCCCOc1ccc(NC(=O)COc2cc(C)cc(C)c2)cc1. The van der Waals surface area contributed by atoms with Crippen LogP contribution in [0.3, 0.4) is 0 Å². The molecule has 0 aliphatic rings. The molecule has 0 atom stereocenters. The van der Waals surface area contributed by atoms with E-state index < -0.39 is 0 Å². The normalized spacial score (nSPS) is 10.5. The molecule has 0 aliphatic heterocycles. The minimum Gasteiger partial charge on any atom is -0.494 e. The molecule has 2 aromatic rings. The van der Waals surface area contributed by atoms with Crippen LogP contribution in [0.2, 0.25) is 0 Å². The molecule has 4 nitrogen and oxygen atoms in total. The van der Waals surface area contributed by atoms with E-state index >= 15 is 0 Å².